The summed E-state index contributed by atoms with van der Waals surface area (Å²) in [7, 11) is 0. The van der Waals surface area contributed by atoms with Gasteiger partial charge in [-0.25, -0.2) is 0 Å². The minimum atomic E-state index is 0.325. The summed E-state index contributed by atoms with van der Waals surface area (Å²) < 4.78 is 0. The second-order valence-electron chi connectivity index (χ2n) is 10.1. The SMILES string of the molecule is CC(C)c1ccc2c(c1)CCC1C(C)(CNCc3cccnc3)CCCC21C. The summed E-state index contributed by atoms with van der Waals surface area (Å²) >= 11 is 0. The van der Waals surface area contributed by atoms with Crippen LogP contribution in [0.2, 0.25) is 0 Å². The van der Waals surface area contributed by atoms with Gasteiger partial charge in [0.25, 0.3) is 0 Å². The quantitative estimate of drug-likeness (QED) is 0.692. The van der Waals surface area contributed by atoms with Crippen LogP contribution >= 0.6 is 0 Å². The molecule has 1 aromatic carbocycles. The Morgan fingerprint density at radius 1 is 1.18 bits per heavy atom. The summed E-state index contributed by atoms with van der Waals surface area (Å²) in [5.41, 5.74) is 6.73. The Morgan fingerprint density at radius 3 is 2.79 bits per heavy atom. The van der Waals surface area contributed by atoms with E-state index in [-0.39, 0.29) is 0 Å². The molecule has 1 N–H and O–H groups in total. The van der Waals surface area contributed by atoms with Gasteiger partial charge in [-0.2, -0.15) is 0 Å². The monoisotopic (exact) mass is 376 g/mol. The number of fused-ring (bicyclic) bond motifs is 3. The van der Waals surface area contributed by atoms with Gasteiger partial charge in [0.05, 0.1) is 0 Å². The van der Waals surface area contributed by atoms with Crippen LogP contribution in [-0.4, -0.2) is 11.5 Å². The number of aryl methyl sites for hydroxylation is 1. The van der Waals surface area contributed by atoms with Crippen LogP contribution in [-0.2, 0) is 18.4 Å². The summed E-state index contributed by atoms with van der Waals surface area (Å²) in [5.74, 6) is 1.37. The lowest BCUT2D eigenvalue weighted by atomic mass is 9.49. The van der Waals surface area contributed by atoms with Crippen LogP contribution < -0.4 is 5.32 Å². The summed E-state index contributed by atoms with van der Waals surface area (Å²) in [6.45, 7) is 11.7. The molecule has 2 heteroatoms. The number of benzene rings is 1. The largest absolute Gasteiger partial charge is 0.312 e. The molecule has 150 valence electrons. The van der Waals surface area contributed by atoms with Gasteiger partial charge in [-0.3, -0.25) is 4.98 Å². The van der Waals surface area contributed by atoms with Gasteiger partial charge in [-0.1, -0.05) is 58.4 Å². The molecule has 0 spiro atoms. The Hall–Kier alpha value is -1.67. The number of nitrogens with one attached hydrogen (secondary N) is 1. The lowest BCUT2D eigenvalue weighted by molar-refractivity contribution is 0.0257. The Labute approximate surface area is 171 Å². The van der Waals surface area contributed by atoms with Crippen molar-refractivity contribution in [3.63, 3.8) is 0 Å². The highest BCUT2D eigenvalue weighted by molar-refractivity contribution is 5.42. The summed E-state index contributed by atoms with van der Waals surface area (Å²) in [4.78, 5) is 4.25. The number of hydrogen-bond acceptors (Lipinski definition) is 2. The molecule has 2 aliphatic rings. The van der Waals surface area contributed by atoms with E-state index >= 15 is 0 Å². The standard InChI is InChI=1S/C26H36N2/c1-19(2)21-8-10-23-22(15-21)9-11-24-25(3,12-6-13-26(23,24)4)18-28-17-20-7-5-14-27-16-20/h5,7-8,10,14-16,19,24,28H,6,9,11-13,17-18H2,1-4H3. The molecule has 0 radical (unpaired) electrons. The van der Waals surface area contributed by atoms with E-state index in [4.69, 9.17) is 0 Å². The summed E-state index contributed by atoms with van der Waals surface area (Å²) in [6, 6.07) is 11.6. The molecule has 0 bridgehead atoms. The first-order valence-corrected chi connectivity index (χ1v) is 11.2. The van der Waals surface area contributed by atoms with Crippen LogP contribution in [0, 0.1) is 11.3 Å². The average molecular weight is 377 g/mol. The van der Waals surface area contributed by atoms with E-state index in [2.05, 4.69) is 62.3 Å². The minimum absolute atomic E-state index is 0.325. The van der Waals surface area contributed by atoms with Crippen LogP contribution in [0.1, 0.15) is 81.5 Å². The number of rotatable bonds is 5. The first kappa shape index (κ1) is 19.6. The molecule has 3 atom stereocenters. The van der Waals surface area contributed by atoms with Gasteiger partial charge in [-0.15, -0.1) is 0 Å². The van der Waals surface area contributed by atoms with Gasteiger partial charge in [-0.05, 0) is 76.7 Å². The van der Waals surface area contributed by atoms with Crippen molar-refractivity contribution in [2.24, 2.45) is 11.3 Å². The molecule has 2 nitrogen and oxygen atoms in total. The number of pyridine rings is 1. The van der Waals surface area contributed by atoms with Crippen molar-refractivity contribution in [3.05, 3.63) is 65.0 Å². The smallest absolute Gasteiger partial charge is 0.0312 e. The molecular formula is C26H36N2. The number of hydrogen-bond donors (Lipinski definition) is 1. The van der Waals surface area contributed by atoms with Crippen LogP contribution in [0.15, 0.2) is 42.7 Å². The molecule has 0 aliphatic heterocycles. The fraction of sp³-hybridized carbons (Fsp3) is 0.577. The Morgan fingerprint density at radius 2 is 2.04 bits per heavy atom. The second-order valence-corrected chi connectivity index (χ2v) is 10.1. The fourth-order valence-electron chi connectivity index (χ4n) is 6.21. The van der Waals surface area contributed by atoms with Crippen LogP contribution in [0.4, 0.5) is 0 Å². The van der Waals surface area contributed by atoms with Crippen molar-refractivity contribution in [2.75, 3.05) is 6.54 Å². The third kappa shape index (κ3) is 3.52. The van der Waals surface area contributed by atoms with E-state index in [1.165, 1.54) is 43.2 Å². The normalized spacial score (nSPS) is 29.4. The van der Waals surface area contributed by atoms with Crippen molar-refractivity contribution in [3.8, 4) is 0 Å². The van der Waals surface area contributed by atoms with Crippen LogP contribution in [0.25, 0.3) is 0 Å². The lowest BCUT2D eigenvalue weighted by Crippen LogP contribution is -2.52. The van der Waals surface area contributed by atoms with Gasteiger partial charge in [0.15, 0.2) is 0 Å². The Kier molecular flexibility index (Phi) is 5.35. The van der Waals surface area contributed by atoms with Gasteiger partial charge < -0.3 is 5.32 Å². The molecule has 1 saturated carbocycles. The number of aromatic nitrogens is 1. The molecule has 0 saturated heterocycles. The zero-order chi connectivity index (χ0) is 19.8. The summed E-state index contributed by atoms with van der Waals surface area (Å²) in [5, 5.41) is 3.77. The highest BCUT2D eigenvalue weighted by Crippen LogP contribution is 2.57. The van der Waals surface area contributed by atoms with Crippen LogP contribution in [0.3, 0.4) is 0 Å². The molecule has 1 aromatic heterocycles. The van der Waals surface area contributed by atoms with Crippen molar-refractivity contribution in [1.29, 1.82) is 0 Å². The molecule has 28 heavy (non-hydrogen) atoms. The van der Waals surface area contributed by atoms with E-state index in [9.17, 15) is 0 Å². The number of nitrogens with zero attached hydrogens (tertiary/aromatic N) is 1. The predicted octanol–water partition coefficient (Wildman–Crippen LogP) is 6.01. The van der Waals surface area contributed by atoms with E-state index < -0.39 is 0 Å². The van der Waals surface area contributed by atoms with Crippen molar-refractivity contribution >= 4 is 0 Å². The highest BCUT2D eigenvalue weighted by atomic mass is 14.9. The maximum atomic E-state index is 4.25. The van der Waals surface area contributed by atoms with Gasteiger partial charge in [0, 0.05) is 25.5 Å². The van der Waals surface area contributed by atoms with E-state index in [0.717, 1.165) is 19.0 Å². The third-order valence-electron chi connectivity index (χ3n) is 7.75. The van der Waals surface area contributed by atoms with E-state index in [1.807, 2.05) is 18.5 Å². The Balaban J connectivity index is 1.54. The first-order valence-electron chi connectivity index (χ1n) is 11.2. The first-order chi connectivity index (χ1) is 13.4. The molecule has 4 rings (SSSR count). The molecule has 1 heterocycles. The van der Waals surface area contributed by atoms with Gasteiger partial charge in [0.2, 0.25) is 0 Å². The highest BCUT2D eigenvalue weighted by Gasteiger charge is 2.51. The summed E-state index contributed by atoms with van der Waals surface area (Å²) in [6.07, 6.45) is 10.4. The van der Waals surface area contributed by atoms with E-state index in [1.54, 1.807) is 11.1 Å². The topological polar surface area (TPSA) is 24.9 Å². The maximum Gasteiger partial charge on any atom is 0.0312 e. The molecule has 2 aliphatic carbocycles. The van der Waals surface area contributed by atoms with Gasteiger partial charge >= 0.3 is 0 Å². The minimum Gasteiger partial charge on any atom is -0.312 e. The molecule has 3 unspecified atom stereocenters. The van der Waals surface area contributed by atoms with Crippen molar-refractivity contribution in [2.45, 2.75) is 77.7 Å². The zero-order valence-corrected chi connectivity index (χ0v) is 18.1. The van der Waals surface area contributed by atoms with Crippen molar-refractivity contribution < 1.29 is 0 Å². The lowest BCUT2D eigenvalue weighted by Gasteiger charge is -2.55. The van der Waals surface area contributed by atoms with Gasteiger partial charge in [0.1, 0.15) is 0 Å². The average Bonchev–Trinajstić information content (AvgIpc) is 2.68. The molecule has 0 amide bonds. The molecule has 1 fully saturated rings. The predicted molar refractivity (Wildman–Crippen MR) is 118 cm³/mol. The maximum absolute atomic E-state index is 4.25. The van der Waals surface area contributed by atoms with Crippen molar-refractivity contribution in [1.82, 2.24) is 10.3 Å². The Bertz CT molecular complexity index is 812. The molecular weight excluding hydrogens is 340 g/mol. The third-order valence-corrected chi connectivity index (χ3v) is 7.75. The zero-order valence-electron chi connectivity index (χ0n) is 18.1. The fourth-order valence-corrected chi connectivity index (χ4v) is 6.21. The van der Waals surface area contributed by atoms with Crippen LogP contribution in [0.5, 0.6) is 0 Å². The van der Waals surface area contributed by atoms with E-state index in [0.29, 0.717) is 16.7 Å². The second kappa shape index (κ2) is 7.63. The molecule has 2 aromatic rings.